The maximum absolute atomic E-state index is 13.0. The predicted octanol–water partition coefficient (Wildman–Crippen LogP) is 4.42. The molecule has 3 heteroatoms. The zero-order valence-electron chi connectivity index (χ0n) is 15.2. The zero-order valence-corrected chi connectivity index (χ0v) is 15.2. The molecule has 0 radical (unpaired) electrons. The van der Waals surface area contributed by atoms with Gasteiger partial charge in [-0.2, -0.15) is 0 Å². The average molecular weight is 330 g/mol. The van der Waals surface area contributed by atoms with Crippen LogP contribution in [0.5, 0.6) is 0 Å². The van der Waals surface area contributed by atoms with E-state index < -0.39 is 0 Å². The van der Waals surface area contributed by atoms with Crippen molar-refractivity contribution < 1.29 is 14.3 Å². The van der Waals surface area contributed by atoms with Crippen LogP contribution in [0.4, 0.5) is 0 Å². The average Bonchev–Trinajstić information content (AvgIpc) is 3.16. The second-order valence-electron chi connectivity index (χ2n) is 8.61. The van der Waals surface area contributed by atoms with Crippen LogP contribution in [0.1, 0.15) is 59.3 Å². The third-order valence-electron chi connectivity index (χ3n) is 6.64. The van der Waals surface area contributed by atoms with Crippen LogP contribution in [-0.4, -0.2) is 24.3 Å². The summed E-state index contributed by atoms with van der Waals surface area (Å²) in [5.41, 5.74) is 2.17. The standard InChI is InChI=1S/C21H30O3/c1-12(2)14-8-7-13(3)11-19(14)24-21(22)16-6-4-5-15-17-9-10-18(23-17)20(15)16/h9-10,12-15,17-19H,4-8,11H2,1-3H3/t13-,14+,15+,17-,18+,19-/m1/s1. The lowest BCUT2D eigenvalue weighted by molar-refractivity contribution is -0.151. The lowest BCUT2D eigenvalue weighted by atomic mass is 9.75. The van der Waals surface area contributed by atoms with E-state index in [1.165, 1.54) is 18.4 Å². The second kappa shape index (κ2) is 6.33. The molecular weight excluding hydrogens is 300 g/mol. The molecule has 3 nitrogen and oxygen atoms in total. The number of carbonyl (C=O) groups excluding carboxylic acids is 1. The van der Waals surface area contributed by atoms with Gasteiger partial charge in [0, 0.05) is 11.5 Å². The van der Waals surface area contributed by atoms with E-state index in [2.05, 4.69) is 32.9 Å². The molecule has 2 fully saturated rings. The quantitative estimate of drug-likeness (QED) is 0.567. The SMILES string of the molecule is CC(C)[C@@H]1CC[C@@H](C)C[C@H]1OC(=O)C1=C2[C@@H]3C=C[C@@H](O3)[C@@H]2CCC1. The van der Waals surface area contributed by atoms with Crippen LogP contribution in [0.15, 0.2) is 23.3 Å². The molecule has 2 aliphatic heterocycles. The molecule has 2 heterocycles. The first-order chi connectivity index (χ1) is 11.5. The Morgan fingerprint density at radius 2 is 2.08 bits per heavy atom. The van der Waals surface area contributed by atoms with Crippen molar-refractivity contribution in [1.29, 1.82) is 0 Å². The van der Waals surface area contributed by atoms with Crippen LogP contribution in [0.3, 0.4) is 0 Å². The third-order valence-corrected chi connectivity index (χ3v) is 6.64. The minimum absolute atomic E-state index is 0.0361. The Kier molecular flexibility index (Phi) is 4.32. The summed E-state index contributed by atoms with van der Waals surface area (Å²) < 4.78 is 12.1. The van der Waals surface area contributed by atoms with Gasteiger partial charge >= 0.3 is 5.97 Å². The van der Waals surface area contributed by atoms with Crippen LogP contribution in [-0.2, 0) is 14.3 Å². The molecule has 0 aromatic heterocycles. The van der Waals surface area contributed by atoms with Gasteiger partial charge in [0.15, 0.2) is 0 Å². The van der Waals surface area contributed by atoms with Gasteiger partial charge in [-0.15, -0.1) is 0 Å². The van der Waals surface area contributed by atoms with Crippen molar-refractivity contribution in [1.82, 2.24) is 0 Å². The number of ether oxygens (including phenoxy) is 2. The molecule has 2 bridgehead atoms. The molecule has 24 heavy (non-hydrogen) atoms. The van der Waals surface area contributed by atoms with E-state index in [1.54, 1.807) is 0 Å². The molecule has 132 valence electrons. The predicted molar refractivity (Wildman–Crippen MR) is 93.4 cm³/mol. The van der Waals surface area contributed by atoms with Crippen LogP contribution in [0, 0.1) is 23.7 Å². The summed E-state index contributed by atoms with van der Waals surface area (Å²) in [7, 11) is 0. The van der Waals surface area contributed by atoms with Crippen molar-refractivity contribution in [3.8, 4) is 0 Å². The van der Waals surface area contributed by atoms with E-state index in [-0.39, 0.29) is 24.3 Å². The fourth-order valence-electron chi connectivity index (χ4n) is 5.30. The fraction of sp³-hybridized carbons (Fsp3) is 0.762. The highest BCUT2D eigenvalue weighted by Gasteiger charge is 2.46. The Bertz CT molecular complexity index is 574. The summed E-state index contributed by atoms with van der Waals surface area (Å²) in [6.45, 7) is 6.80. The zero-order chi connectivity index (χ0) is 16.8. The van der Waals surface area contributed by atoms with Crippen molar-refractivity contribution in [2.24, 2.45) is 23.7 Å². The van der Waals surface area contributed by atoms with E-state index >= 15 is 0 Å². The van der Waals surface area contributed by atoms with Crippen LogP contribution in [0.25, 0.3) is 0 Å². The lowest BCUT2D eigenvalue weighted by Gasteiger charge is -2.37. The van der Waals surface area contributed by atoms with Gasteiger partial charge in [-0.25, -0.2) is 4.79 Å². The molecule has 0 spiro atoms. The van der Waals surface area contributed by atoms with Crippen LogP contribution >= 0.6 is 0 Å². The van der Waals surface area contributed by atoms with Crippen LogP contribution in [0.2, 0.25) is 0 Å². The highest BCUT2D eigenvalue weighted by molar-refractivity contribution is 5.90. The van der Waals surface area contributed by atoms with E-state index in [0.29, 0.717) is 23.7 Å². The number of hydrogen-bond acceptors (Lipinski definition) is 3. The van der Waals surface area contributed by atoms with E-state index in [0.717, 1.165) is 31.3 Å². The number of carbonyl (C=O) groups is 1. The monoisotopic (exact) mass is 330 g/mol. The Hall–Kier alpha value is -1.09. The number of rotatable bonds is 3. The first kappa shape index (κ1) is 16.4. The minimum Gasteiger partial charge on any atom is -0.459 e. The second-order valence-corrected chi connectivity index (χ2v) is 8.61. The molecular formula is C21H30O3. The van der Waals surface area contributed by atoms with Crippen molar-refractivity contribution in [2.75, 3.05) is 0 Å². The molecule has 1 saturated heterocycles. The third kappa shape index (κ3) is 2.75. The molecule has 0 aromatic carbocycles. The number of fused-ring (bicyclic) bond motifs is 5. The molecule has 4 rings (SSSR count). The largest absolute Gasteiger partial charge is 0.459 e. The van der Waals surface area contributed by atoms with Gasteiger partial charge in [0.05, 0.1) is 12.2 Å². The summed E-state index contributed by atoms with van der Waals surface area (Å²) in [6.07, 6.45) is 11.2. The molecule has 6 atom stereocenters. The van der Waals surface area contributed by atoms with Gasteiger partial charge < -0.3 is 9.47 Å². The lowest BCUT2D eigenvalue weighted by Crippen LogP contribution is -2.37. The maximum atomic E-state index is 13.0. The number of esters is 1. The maximum Gasteiger partial charge on any atom is 0.334 e. The number of hydrogen-bond donors (Lipinski definition) is 0. The summed E-state index contributed by atoms with van der Waals surface area (Å²) >= 11 is 0. The smallest absolute Gasteiger partial charge is 0.334 e. The minimum atomic E-state index is -0.0519. The van der Waals surface area contributed by atoms with Gasteiger partial charge in [-0.05, 0) is 55.4 Å². The Labute approximate surface area is 145 Å². The van der Waals surface area contributed by atoms with Gasteiger partial charge in [-0.3, -0.25) is 0 Å². The highest BCUT2D eigenvalue weighted by atomic mass is 16.5. The van der Waals surface area contributed by atoms with Crippen LogP contribution < -0.4 is 0 Å². The molecule has 1 saturated carbocycles. The first-order valence-corrected chi connectivity index (χ1v) is 9.82. The normalized spacial score (nSPS) is 41.0. The van der Waals surface area contributed by atoms with Gasteiger partial charge in [0.2, 0.25) is 0 Å². The topological polar surface area (TPSA) is 35.5 Å². The van der Waals surface area contributed by atoms with Gasteiger partial charge in [-0.1, -0.05) is 39.3 Å². The molecule has 0 unspecified atom stereocenters. The van der Waals surface area contributed by atoms with E-state index in [1.807, 2.05) is 0 Å². The molecule has 0 N–H and O–H groups in total. The molecule has 0 amide bonds. The Morgan fingerprint density at radius 3 is 2.88 bits per heavy atom. The highest BCUT2D eigenvalue weighted by Crippen LogP contribution is 2.47. The van der Waals surface area contributed by atoms with Crippen molar-refractivity contribution >= 4 is 5.97 Å². The van der Waals surface area contributed by atoms with E-state index in [4.69, 9.17) is 9.47 Å². The molecule has 2 aliphatic carbocycles. The fourth-order valence-corrected chi connectivity index (χ4v) is 5.30. The van der Waals surface area contributed by atoms with Crippen molar-refractivity contribution in [3.63, 3.8) is 0 Å². The summed E-state index contributed by atoms with van der Waals surface area (Å²) in [4.78, 5) is 13.0. The first-order valence-electron chi connectivity index (χ1n) is 9.82. The molecule has 0 aromatic rings. The van der Waals surface area contributed by atoms with Gasteiger partial charge in [0.25, 0.3) is 0 Å². The van der Waals surface area contributed by atoms with Crippen molar-refractivity contribution in [2.45, 2.75) is 77.6 Å². The van der Waals surface area contributed by atoms with Gasteiger partial charge in [0.1, 0.15) is 6.10 Å². The Balaban J connectivity index is 1.54. The summed E-state index contributed by atoms with van der Waals surface area (Å²) in [5.74, 6) is 2.10. The van der Waals surface area contributed by atoms with E-state index in [9.17, 15) is 4.79 Å². The van der Waals surface area contributed by atoms with Crippen molar-refractivity contribution in [3.05, 3.63) is 23.3 Å². The molecule has 4 aliphatic rings. The summed E-state index contributed by atoms with van der Waals surface area (Å²) in [6, 6.07) is 0. The summed E-state index contributed by atoms with van der Waals surface area (Å²) in [5, 5.41) is 0. The Morgan fingerprint density at radius 1 is 1.25 bits per heavy atom.